The number of benzene rings is 1. The zero-order valence-electron chi connectivity index (χ0n) is 15.6. The second-order valence-electron chi connectivity index (χ2n) is 7.04. The molecule has 0 aliphatic carbocycles. The van der Waals surface area contributed by atoms with Gasteiger partial charge in [0.2, 0.25) is 5.91 Å². The number of carbonyl (C=O) groups is 1. The van der Waals surface area contributed by atoms with E-state index in [1.54, 1.807) is 6.20 Å². The van der Waals surface area contributed by atoms with E-state index in [1.165, 1.54) is 0 Å². The number of piperidine rings is 1. The van der Waals surface area contributed by atoms with Crippen LogP contribution in [0, 0.1) is 5.92 Å². The topological polar surface area (TPSA) is 76.2 Å². The molecular weight excluding hydrogens is 326 g/mol. The molecule has 1 saturated heterocycles. The fraction of sp³-hybridized carbons (Fsp3) is 0.500. The van der Waals surface area contributed by atoms with E-state index in [0.717, 1.165) is 43.9 Å². The van der Waals surface area contributed by atoms with E-state index < -0.39 is 0 Å². The first-order chi connectivity index (χ1) is 12.6. The minimum atomic E-state index is -0.333. The minimum absolute atomic E-state index is 0.0749. The van der Waals surface area contributed by atoms with Crippen molar-refractivity contribution >= 4 is 11.7 Å². The van der Waals surface area contributed by atoms with Gasteiger partial charge in [-0.05, 0) is 24.9 Å². The summed E-state index contributed by atoms with van der Waals surface area (Å²) in [6.07, 6.45) is 3.86. The number of hydrogen-bond acceptors (Lipinski definition) is 4. The number of nitrogens with zero attached hydrogens (tertiary/aromatic N) is 3. The van der Waals surface area contributed by atoms with Crippen molar-refractivity contribution < 1.29 is 4.79 Å². The third-order valence-electron chi connectivity index (χ3n) is 5.41. The Bertz CT molecular complexity index is 706. The van der Waals surface area contributed by atoms with Gasteiger partial charge in [-0.25, -0.2) is 4.68 Å². The van der Waals surface area contributed by atoms with E-state index >= 15 is 0 Å². The summed E-state index contributed by atoms with van der Waals surface area (Å²) in [6, 6.07) is 11.6. The van der Waals surface area contributed by atoms with E-state index in [2.05, 4.69) is 22.2 Å². The lowest BCUT2D eigenvalue weighted by molar-refractivity contribution is -0.120. The first-order valence-corrected chi connectivity index (χ1v) is 9.47. The van der Waals surface area contributed by atoms with E-state index in [-0.39, 0.29) is 17.9 Å². The van der Waals surface area contributed by atoms with E-state index in [0.29, 0.717) is 6.04 Å². The lowest BCUT2D eigenvalue weighted by atomic mass is 9.95. The van der Waals surface area contributed by atoms with Crippen molar-refractivity contribution in [3.05, 3.63) is 48.2 Å². The van der Waals surface area contributed by atoms with Gasteiger partial charge in [-0.15, -0.1) is 0 Å². The van der Waals surface area contributed by atoms with Gasteiger partial charge in [-0.2, -0.15) is 5.10 Å². The molecule has 0 bridgehead atoms. The zero-order valence-corrected chi connectivity index (χ0v) is 15.6. The molecule has 1 aliphatic heterocycles. The first-order valence-electron chi connectivity index (χ1n) is 9.47. The van der Waals surface area contributed by atoms with Crippen LogP contribution in [0.3, 0.4) is 0 Å². The van der Waals surface area contributed by atoms with Gasteiger partial charge in [-0.1, -0.05) is 44.2 Å². The largest absolute Gasteiger partial charge is 0.323 e. The first kappa shape index (κ1) is 18.6. The van der Waals surface area contributed by atoms with Gasteiger partial charge >= 0.3 is 0 Å². The molecule has 3 rings (SSSR count). The Kier molecular flexibility index (Phi) is 6.06. The zero-order chi connectivity index (χ0) is 18.5. The van der Waals surface area contributed by atoms with Crippen molar-refractivity contribution in [3.8, 4) is 0 Å². The fourth-order valence-corrected chi connectivity index (χ4v) is 3.55. The summed E-state index contributed by atoms with van der Waals surface area (Å²) in [6.45, 7) is 7.29. The standard InChI is InChI=1S/C20H29N5O/c1-3-24-13-10-17(11-14-24)25-18(9-12-22-25)23-20(26)15(2)19(21)16-7-5-4-6-8-16/h4-9,12,15,17,19H,3,10-11,13-14,21H2,1-2H3,(H,23,26). The summed E-state index contributed by atoms with van der Waals surface area (Å²) in [5.74, 6) is 0.355. The molecule has 0 spiro atoms. The SMILES string of the molecule is CCN1CCC(n2nccc2NC(=O)C(C)C(N)c2ccccc2)CC1. The van der Waals surface area contributed by atoms with Crippen molar-refractivity contribution in [2.75, 3.05) is 25.0 Å². The number of nitrogens with two attached hydrogens (primary N) is 1. The Balaban J connectivity index is 1.64. The number of anilines is 1. The predicted octanol–water partition coefficient (Wildman–Crippen LogP) is 2.81. The highest BCUT2D eigenvalue weighted by molar-refractivity contribution is 5.92. The molecular formula is C20H29N5O. The summed E-state index contributed by atoms with van der Waals surface area (Å²) in [5.41, 5.74) is 7.26. The number of rotatable bonds is 6. The quantitative estimate of drug-likeness (QED) is 0.835. The maximum Gasteiger partial charge on any atom is 0.230 e. The Hall–Kier alpha value is -2.18. The Morgan fingerprint density at radius 2 is 1.96 bits per heavy atom. The number of hydrogen-bond donors (Lipinski definition) is 2. The van der Waals surface area contributed by atoms with Crippen LogP contribution in [0.15, 0.2) is 42.6 Å². The van der Waals surface area contributed by atoms with E-state index in [1.807, 2.05) is 48.0 Å². The van der Waals surface area contributed by atoms with Crippen LogP contribution in [-0.4, -0.2) is 40.2 Å². The maximum atomic E-state index is 12.7. The molecule has 6 nitrogen and oxygen atoms in total. The molecule has 2 unspecified atom stereocenters. The van der Waals surface area contributed by atoms with Gasteiger partial charge in [0.1, 0.15) is 5.82 Å². The average molecular weight is 355 g/mol. The van der Waals surface area contributed by atoms with Crippen LogP contribution in [0.4, 0.5) is 5.82 Å². The molecule has 0 radical (unpaired) electrons. The number of amides is 1. The van der Waals surface area contributed by atoms with E-state index in [9.17, 15) is 4.79 Å². The molecule has 2 heterocycles. The Morgan fingerprint density at radius 3 is 2.62 bits per heavy atom. The molecule has 2 atom stereocenters. The van der Waals surface area contributed by atoms with Gasteiger partial charge in [0, 0.05) is 25.2 Å². The highest BCUT2D eigenvalue weighted by Crippen LogP contribution is 2.26. The third-order valence-corrected chi connectivity index (χ3v) is 5.41. The van der Waals surface area contributed by atoms with Crippen molar-refractivity contribution in [1.82, 2.24) is 14.7 Å². The van der Waals surface area contributed by atoms with Crippen LogP contribution < -0.4 is 11.1 Å². The van der Waals surface area contributed by atoms with Crippen LogP contribution in [0.25, 0.3) is 0 Å². The number of aromatic nitrogens is 2. The van der Waals surface area contributed by atoms with Crippen LogP contribution in [0.1, 0.15) is 44.3 Å². The van der Waals surface area contributed by atoms with Gasteiger partial charge in [-0.3, -0.25) is 4.79 Å². The molecule has 1 aromatic heterocycles. The number of nitrogens with one attached hydrogen (secondary N) is 1. The molecule has 140 valence electrons. The smallest absolute Gasteiger partial charge is 0.230 e. The normalized spacial score (nSPS) is 18.4. The highest BCUT2D eigenvalue weighted by Gasteiger charge is 2.25. The Labute approximate surface area is 155 Å². The molecule has 26 heavy (non-hydrogen) atoms. The minimum Gasteiger partial charge on any atom is -0.323 e. The lowest BCUT2D eigenvalue weighted by Gasteiger charge is -2.32. The number of likely N-dealkylation sites (tertiary alicyclic amines) is 1. The van der Waals surface area contributed by atoms with Gasteiger partial charge in [0.25, 0.3) is 0 Å². The second-order valence-corrected chi connectivity index (χ2v) is 7.04. The van der Waals surface area contributed by atoms with Crippen LogP contribution in [0.5, 0.6) is 0 Å². The third kappa shape index (κ3) is 4.14. The van der Waals surface area contributed by atoms with Crippen LogP contribution >= 0.6 is 0 Å². The monoisotopic (exact) mass is 355 g/mol. The number of carbonyl (C=O) groups excluding carboxylic acids is 1. The molecule has 6 heteroatoms. The maximum absolute atomic E-state index is 12.7. The molecule has 1 fully saturated rings. The summed E-state index contributed by atoms with van der Waals surface area (Å²) in [7, 11) is 0. The summed E-state index contributed by atoms with van der Waals surface area (Å²) < 4.78 is 1.96. The second kappa shape index (κ2) is 8.47. The Morgan fingerprint density at radius 1 is 1.27 bits per heavy atom. The molecule has 3 N–H and O–H groups in total. The molecule has 2 aromatic rings. The molecule has 0 saturated carbocycles. The molecule has 1 aromatic carbocycles. The van der Waals surface area contributed by atoms with Crippen molar-refractivity contribution in [2.45, 2.75) is 38.8 Å². The summed E-state index contributed by atoms with van der Waals surface area (Å²) >= 11 is 0. The molecule has 1 amide bonds. The summed E-state index contributed by atoms with van der Waals surface area (Å²) in [5, 5.41) is 7.49. The predicted molar refractivity (Wildman–Crippen MR) is 104 cm³/mol. The molecule has 1 aliphatic rings. The highest BCUT2D eigenvalue weighted by atomic mass is 16.2. The summed E-state index contributed by atoms with van der Waals surface area (Å²) in [4.78, 5) is 15.2. The van der Waals surface area contributed by atoms with E-state index in [4.69, 9.17) is 5.73 Å². The van der Waals surface area contributed by atoms with Gasteiger partial charge in [0.15, 0.2) is 0 Å². The van der Waals surface area contributed by atoms with Crippen molar-refractivity contribution in [2.24, 2.45) is 11.7 Å². The lowest BCUT2D eigenvalue weighted by Crippen LogP contribution is -2.35. The van der Waals surface area contributed by atoms with Crippen LogP contribution in [0.2, 0.25) is 0 Å². The van der Waals surface area contributed by atoms with Crippen molar-refractivity contribution in [1.29, 1.82) is 0 Å². The van der Waals surface area contributed by atoms with Crippen LogP contribution in [-0.2, 0) is 4.79 Å². The fourth-order valence-electron chi connectivity index (χ4n) is 3.55. The average Bonchev–Trinajstić information content (AvgIpc) is 3.15. The van der Waals surface area contributed by atoms with Crippen molar-refractivity contribution in [3.63, 3.8) is 0 Å². The van der Waals surface area contributed by atoms with Gasteiger partial charge < -0.3 is 16.0 Å². The van der Waals surface area contributed by atoms with Gasteiger partial charge in [0.05, 0.1) is 18.2 Å².